The van der Waals surface area contributed by atoms with Crippen LogP contribution in [0.3, 0.4) is 0 Å². The summed E-state index contributed by atoms with van der Waals surface area (Å²) in [6, 6.07) is 17.2. The molecule has 0 saturated heterocycles. The molecule has 30 heavy (non-hydrogen) atoms. The summed E-state index contributed by atoms with van der Waals surface area (Å²) in [6.45, 7) is 0. The summed E-state index contributed by atoms with van der Waals surface area (Å²) < 4.78 is 38.0. The number of nitriles is 1. The molecule has 0 radical (unpaired) electrons. The van der Waals surface area contributed by atoms with Gasteiger partial charge in [0.25, 0.3) is 5.91 Å². The normalized spacial score (nSPS) is 11.6. The van der Waals surface area contributed by atoms with Crippen LogP contribution in [-0.4, -0.2) is 10.9 Å². The van der Waals surface area contributed by atoms with E-state index in [-0.39, 0.29) is 11.3 Å². The molecule has 1 aromatic heterocycles. The van der Waals surface area contributed by atoms with Crippen molar-refractivity contribution in [2.45, 2.75) is 6.18 Å². The van der Waals surface area contributed by atoms with E-state index in [0.29, 0.717) is 28.0 Å². The van der Waals surface area contributed by atoms with Gasteiger partial charge < -0.3 is 5.32 Å². The van der Waals surface area contributed by atoms with E-state index in [1.165, 1.54) is 6.08 Å². The van der Waals surface area contributed by atoms with Gasteiger partial charge in [-0.25, -0.2) is 0 Å². The third-order valence-electron chi connectivity index (χ3n) is 4.06. The molecule has 0 saturated carbocycles. The highest BCUT2D eigenvalue weighted by atomic mass is 35.5. The number of rotatable bonds is 4. The summed E-state index contributed by atoms with van der Waals surface area (Å²) in [5.41, 5.74) is 0.630. The summed E-state index contributed by atoms with van der Waals surface area (Å²) in [5.74, 6) is -0.397. The van der Waals surface area contributed by atoms with Crippen LogP contribution in [0, 0.1) is 11.3 Å². The molecule has 3 aromatic rings. The van der Waals surface area contributed by atoms with Crippen LogP contribution in [0.1, 0.15) is 27.2 Å². The van der Waals surface area contributed by atoms with Crippen LogP contribution in [0.25, 0.3) is 11.6 Å². The Morgan fingerprint density at radius 1 is 1.10 bits per heavy atom. The predicted molar refractivity (Wildman–Crippen MR) is 109 cm³/mol. The Morgan fingerprint density at radius 2 is 1.87 bits per heavy atom. The SMILES string of the molecule is N#C/C(=C\c1cccc(NC(=O)c2ccccc2Cl)c1)c1ccc(C(F)(F)F)cn1. The maximum Gasteiger partial charge on any atom is 0.417 e. The first-order valence-corrected chi connectivity index (χ1v) is 8.97. The summed E-state index contributed by atoms with van der Waals surface area (Å²) in [7, 11) is 0. The van der Waals surface area contributed by atoms with Gasteiger partial charge in [-0.1, -0.05) is 35.9 Å². The van der Waals surface area contributed by atoms with Gasteiger partial charge in [-0.05, 0) is 48.0 Å². The van der Waals surface area contributed by atoms with Gasteiger partial charge in [-0.3, -0.25) is 9.78 Å². The highest BCUT2D eigenvalue weighted by molar-refractivity contribution is 6.34. The van der Waals surface area contributed by atoms with E-state index < -0.39 is 17.6 Å². The number of allylic oxidation sites excluding steroid dienone is 1. The van der Waals surface area contributed by atoms with E-state index in [0.717, 1.165) is 12.1 Å². The number of carbonyl (C=O) groups is 1. The molecular formula is C22H13ClF3N3O. The number of halogens is 4. The van der Waals surface area contributed by atoms with E-state index in [1.807, 2.05) is 6.07 Å². The van der Waals surface area contributed by atoms with E-state index >= 15 is 0 Å². The van der Waals surface area contributed by atoms with Gasteiger partial charge in [-0.15, -0.1) is 0 Å². The zero-order valence-electron chi connectivity index (χ0n) is 15.2. The highest BCUT2D eigenvalue weighted by Gasteiger charge is 2.30. The monoisotopic (exact) mass is 427 g/mol. The maximum absolute atomic E-state index is 12.7. The Hall–Kier alpha value is -3.63. The first-order valence-electron chi connectivity index (χ1n) is 8.59. The molecule has 1 N–H and O–H groups in total. The Labute approximate surface area is 175 Å². The lowest BCUT2D eigenvalue weighted by atomic mass is 10.1. The lowest BCUT2D eigenvalue weighted by Crippen LogP contribution is -2.12. The number of alkyl halides is 3. The summed E-state index contributed by atoms with van der Waals surface area (Å²) >= 11 is 6.03. The van der Waals surface area contributed by atoms with Gasteiger partial charge in [0, 0.05) is 11.9 Å². The summed E-state index contributed by atoms with van der Waals surface area (Å²) in [4.78, 5) is 16.1. The summed E-state index contributed by atoms with van der Waals surface area (Å²) in [6.07, 6.45) is -2.35. The van der Waals surface area contributed by atoms with Gasteiger partial charge in [-0.2, -0.15) is 18.4 Å². The molecule has 0 atom stereocenters. The Balaban J connectivity index is 1.84. The van der Waals surface area contributed by atoms with Crippen LogP contribution in [0.5, 0.6) is 0 Å². The number of nitrogens with zero attached hydrogens (tertiary/aromatic N) is 2. The van der Waals surface area contributed by atoms with Crippen LogP contribution >= 0.6 is 11.6 Å². The van der Waals surface area contributed by atoms with Crippen LogP contribution in [0.2, 0.25) is 5.02 Å². The fourth-order valence-electron chi connectivity index (χ4n) is 2.60. The van der Waals surface area contributed by atoms with Crippen molar-refractivity contribution >= 4 is 34.8 Å². The number of pyridine rings is 1. The highest BCUT2D eigenvalue weighted by Crippen LogP contribution is 2.29. The molecule has 1 amide bonds. The van der Waals surface area contributed by atoms with Gasteiger partial charge in [0.15, 0.2) is 0 Å². The predicted octanol–water partition coefficient (Wildman–Crippen LogP) is 6.07. The molecule has 0 aliphatic carbocycles. The standard InChI is InChI=1S/C22H13ClF3N3O/c23-19-7-2-1-6-18(19)21(30)29-17-5-3-4-14(11-17)10-15(12-27)20-9-8-16(13-28-20)22(24,25)26/h1-11,13H,(H,29,30)/b15-10+. The van der Waals surface area contributed by atoms with E-state index in [4.69, 9.17) is 11.6 Å². The number of nitrogens with one attached hydrogen (secondary N) is 1. The van der Waals surface area contributed by atoms with Crippen LogP contribution in [-0.2, 0) is 6.18 Å². The van der Waals surface area contributed by atoms with Crippen molar-refractivity contribution in [2.75, 3.05) is 5.32 Å². The fourth-order valence-corrected chi connectivity index (χ4v) is 2.82. The van der Waals surface area contributed by atoms with Gasteiger partial charge in [0.1, 0.15) is 6.07 Å². The molecule has 8 heteroatoms. The average Bonchev–Trinajstić information content (AvgIpc) is 2.72. The zero-order valence-corrected chi connectivity index (χ0v) is 16.0. The summed E-state index contributed by atoms with van der Waals surface area (Å²) in [5, 5.41) is 12.4. The molecule has 2 aromatic carbocycles. The van der Waals surface area contributed by atoms with Crippen LogP contribution in [0.4, 0.5) is 18.9 Å². The average molecular weight is 428 g/mol. The van der Waals surface area contributed by atoms with Crippen molar-refractivity contribution in [3.8, 4) is 6.07 Å². The number of amides is 1. The molecule has 150 valence electrons. The van der Waals surface area contributed by atoms with Crippen molar-refractivity contribution in [3.05, 3.63) is 94.3 Å². The number of benzene rings is 2. The second kappa shape index (κ2) is 8.80. The van der Waals surface area contributed by atoms with E-state index in [2.05, 4.69) is 10.3 Å². The molecule has 4 nitrogen and oxygen atoms in total. The van der Waals surface area contributed by atoms with Crippen LogP contribution < -0.4 is 5.32 Å². The minimum Gasteiger partial charge on any atom is -0.322 e. The largest absolute Gasteiger partial charge is 0.417 e. The molecule has 0 bridgehead atoms. The molecule has 1 heterocycles. The van der Waals surface area contributed by atoms with Crippen molar-refractivity contribution in [1.82, 2.24) is 4.98 Å². The van der Waals surface area contributed by atoms with Gasteiger partial charge >= 0.3 is 6.18 Å². The lowest BCUT2D eigenvalue weighted by Gasteiger charge is -2.08. The van der Waals surface area contributed by atoms with E-state index in [9.17, 15) is 23.2 Å². The zero-order chi connectivity index (χ0) is 21.7. The smallest absolute Gasteiger partial charge is 0.322 e. The minimum absolute atomic E-state index is 0.0818. The van der Waals surface area contributed by atoms with Crippen molar-refractivity contribution < 1.29 is 18.0 Å². The molecule has 0 aliphatic rings. The van der Waals surface area contributed by atoms with Crippen molar-refractivity contribution in [3.63, 3.8) is 0 Å². The fraction of sp³-hybridized carbons (Fsp3) is 0.0455. The minimum atomic E-state index is -4.50. The molecular weight excluding hydrogens is 415 g/mol. The van der Waals surface area contributed by atoms with Crippen LogP contribution in [0.15, 0.2) is 66.9 Å². The van der Waals surface area contributed by atoms with Crippen molar-refractivity contribution in [2.24, 2.45) is 0 Å². The quantitative estimate of drug-likeness (QED) is 0.514. The third kappa shape index (κ3) is 5.04. The first-order chi connectivity index (χ1) is 14.3. The molecule has 0 aliphatic heterocycles. The molecule has 0 fully saturated rings. The number of hydrogen-bond donors (Lipinski definition) is 1. The number of hydrogen-bond acceptors (Lipinski definition) is 3. The Morgan fingerprint density at radius 3 is 2.50 bits per heavy atom. The topological polar surface area (TPSA) is 65.8 Å². The second-order valence-electron chi connectivity index (χ2n) is 6.16. The molecule has 0 spiro atoms. The third-order valence-corrected chi connectivity index (χ3v) is 4.39. The van der Waals surface area contributed by atoms with Gasteiger partial charge in [0.2, 0.25) is 0 Å². The number of carbonyl (C=O) groups excluding carboxylic acids is 1. The number of anilines is 1. The lowest BCUT2D eigenvalue weighted by molar-refractivity contribution is -0.137. The van der Waals surface area contributed by atoms with Gasteiger partial charge in [0.05, 0.1) is 27.4 Å². The maximum atomic E-state index is 12.7. The van der Waals surface area contributed by atoms with E-state index in [1.54, 1.807) is 48.5 Å². The first kappa shape index (κ1) is 21.1. The second-order valence-corrected chi connectivity index (χ2v) is 6.57. The number of aromatic nitrogens is 1. The molecule has 3 rings (SSSR count). The van der Waals surface area contributed by atoms with Crippen molar-refractivity contribution in [1.29, 1.82) is 5.26 Å². The Bertz CT molecular complexity index is 1150. The molecule has 0 unspecified atom stereocenters. The Kier molecular flexibility index (Phi) is 6.19.